The second-order valence-corrected chi connectivity index (χ2v) is 8.28. The molecule has 0 unspecified atom stereocenters. The zero-order valence-corrected chi connectivity index (χ0v) is 16.3. The fourth-order valence-corrected chi connectivity index (χ4v) is 5.17. The molecule has 0 amide bonds. The van der Waals surface area contributed by atoms with Gasteiger partial charge in [-0.25, -0.2) is 0 Å². The minimum Gasteiger partial charge on any atom is -0.456 e. The number of benzene rings is 2. The normalized spacial score (nSPS) is 17.9. The van der Waals surface area contributed by atoms with Gasteiger partial charge in [-0.2, -0.15) is 0 Å². The van der Waals surface area contributed by atoms with E-state index >= 15 is 0 Å². The monoisotopic (exact) mass is 345 g/mol. The molecule has 2 aliphatic heterocycles. The van der Waals surface area contributed by atoms with Crippen molar-refractivity contribution in [3.8, 4) is 11.5 Å². The molecule has 3 aliphatic rings. The highest BCUT2D eigenvalue weighted by molar-refractivity contribution is 5.78. The summed E-state index contributed by atoms with van der Waals surface area (Å²) in [6.45, 7) is 7.93. The van der Waals surface area contributed by atoms with Crippen LogP contribution in [0.1, 0.15) is 55.4 Å². The third-order valence-corrected chi connectivity index (χ3v) is 6.58. The maximum atomic E-state index is 6.55. The SMILES string of the molecule is CC1=c2cc3c(c(C)c2Oc2cc4c(cc21)CCCN4C)=C(C)CCC3. The quantitative estimate of drug-likeness (QED) is 0.709. The van der Waals surface area contributed by atoms with E-state index in [0.29, 0.717) is 0 Å². The van der Waals surface area contributed by atoms with E-state index in [0.717, 1.165) is 18.0 Å². The molecule has 0 saturated carbocycles. The van der Waals surface area contributed by atoms with E-state index < -0.39 is 0 Å². The molecule has 5 rings (SSSR count). The van der Waals surface area contributed by atoms with Gasteiger partial charge in [0.25, 0.3) is 0 Å². The van der Waals surface area contributed by atoms with Crippen LogP contribution in [0, 0.1) is 6.92 Å². The van der Waals surface area contributed by atoms with Gasteiger partial charge in [0, 0.05) is 36.1 Å². The summed E-state index contributed by atoms with van der Waals surface area (Å²) < 4.78 is 6.55. The van der Waals surface area contributed by atoms with Crippen molar-refractivity contribution in [3.63, 3.8) is 0 Å². The summed E-state index contributed by atoms with van der Waals surface area (Å²) in [5, 5.41) is 2.76. The van der Waals surface area contributed by atoms with Crippen molar-refractivity contribution in [3.05, 3.63) is 50.9 Å². The third-order valence-electron chi connectivity index (χ3n) is 6.58. The Morgan fingerprint density at radius 1 is 0.923 bits per heavy atom. The van der Waals surface area contributed by atoms with E-state index in [2.05, 4.69) is 50.9 Å². The molecule has 2 heterocycles. The Bertz CT molecular complexity index is 1060. The lowest BCUT2D eigenvalue weighted by atomic mass is 9.87. The van der Waals surface area contributed by atoms with E-state index in [4.69, 9.17) is 4.74 Å². The highest BCUT2D eigenvalue weighted by Crippen LogP contribution is 2.40. The van der Waals surface area contributed by atoms with Crippen LogP contribution >= 0.6 is 0 Å². The molecule has 0 aromatic heterocycles. The van der Waals surface area contributed by atoms with Gasteiger partial charge in [0.1, 0.15) is 11.5 Å². The van der Waals surface area contributed by atoms with Crippen molar-refractivity contribution in [2.75, 3.05) is 18.5 Å². The zero-order valence-electron chi connectivity index (χ0n) is 16.3. The van der Waals surface area contributed by atoms with Crippen LogP contribution in [0.25, 0.3) is 11.1 Å². The lowest BCUT2D eigenvalue weighted by Crippen LogP contribution is -2.29. The van der Waals surface area contributed by atoms with E-state index in [9.17, 15) is 0 Å². The van der Waals surface area contributed by atoms with E-state index in [1.54, 1.807) is 0 Å². The number of nitrogens with zero attached hydrogens (tertiary/aromatic N) is 1. The van der Waals surface area contributed by atoms with E-state index in [1.807, 2.05) is 0 Å². The molecule has 26 heavy (non-hydrogen) atoms. The number of rotatable bonds is 0. The van der Waals surface area contributed by atoms with Gasteiger partial charge in [0.15, 0.2) is 0 Å². The average Bonchev–Trinajstić information content (AvgIpc) is 2.63. The Kier molecular flexibility index (Phi) is 3.47. The molecular formula is C24H27NO. The molecule has 1 aliphatic carbocycles. The van der Waals surface area contributed by atoms with Gasteiger partial charge in [-0.15, -0.1) is 0 Å². The van der Waals surface area contributed by atoms with Crippen LogP contribution in [0.2, 0.25) is 0 Å². The lowest BCUT2D eigenvalue weighted by Gasteiger charge is -2.31. The summed E-state index contributed by atoms with van der Waals surface area (Å²) in [5.74, 6) is 2.10. The standard InChI is InChI=1S/C24H27NO/c1-14-7-5-8-18-12-20-15(2)19-11-17-9-6-10-25(4)21(17)13-22(19)26-24(20)16(3)23(14)18/h11-13H,5-10H2,1-4H3. The first kappa shape index (κ1) is 16.0. The van der Waals surface area contributed by atoms with Crippen molar-refractivity contribution in [1.82, 2.24) is 0 Å². The maximum absolute atomic E-state index is 6.55. The Balaban J connectivity index is 1.81. The number of ether oxygens (including phenoxy) is 1. The zero-order chi connectivity index (χ0) is 18.0. The molecule has 0 radical (unpaired) electrons. The topological polar surface area (TPSA) is 12.5 Å². The second-order valence-electron chi connectivity index (χ2n) is 8.28. The predicted molar refractivity (Wildman–Crippen MR) is 109 cm³/mol. The molecule has 0 N–H and O–H groups in total. The molecular weight excluding hydrogens is 318 g/mol. The van der Waals surface area contributed by atoms with Gasteiger partial charge in [-0.1, -0.05) is 5.57 Å². The Hall–Kier alpha value is -2.22. The summed E-state index contributed by atoms with van der Waals surface area (Å²) in [6, 6.07) is 7.06. The average molecular weight is 345 g/mol. The number of fused-ring (bicyclic) bond motifs is 4. The van der Waals surface area contributed by atoms with Crippen molar-refractivity contribution in [2.24, 2.45) is 0 Å². The van der Waals surface area contributed by atoms with Crippen molar-refractivity contribution < 1.29 is 4.74 Å². The minimum absolute atomic E-state index is 1.03. The Morgan fingerprint density at radius 3 is 2.58 bits per heavy atom. The fourth-order valence-electron chi connectivity index (χ4n) is 5.17. The second kappa shape index (κ2) is 5.64. The highest BCUT2D eigenvalue weighted by atomic mass is 16.5. The molecule has 2 aromatic carbocycles. The van der Waals surface area contributed by atoms with Gasteiger partial charge >= 0.3 is 0 Å². The van der Waals surface area contributed by atoms with E-state index in [1.165, 1.54) is 81.6 Å². The number of aryl methyl sites for hydroxylation is 2. The summed E-state index contributed by atoms with van der Waals surface area (Å²) in [7, 11) is 2.19. The van der Waals surface area contributed by atoms with Crippen molar-refractivity contribution >= 4 is 16.8 Å². The molecule has 2 nitrogen and oxygen atoms in total. The lowest BCUT2D eigenvalue weighted by molar-refractivity contribution is 0.466. The summed E-state index contributed by atoms with van der Waals surface area (Å²) in [6.07, 6.45) is 6.08. The first-order valence-corrected chi connectivity index (χ1v) is 9.94. The molecule has 2 aromatic rings. The van der Waals surface area contributed by atoms with Gasteiger partial charge in [-0.05, 0) is 92.5 Å². The minimum atomic E-state index is 1.03. The first-order chi connectivity index (χ1) is 12.5. The molecule has 0 atom stereocenters. The summed E-state index contributed by atoms with van der Waals surface area (Å²) in [4.78, 5) is 2.37. The smallest absolute Gasteiger partial charge is 0.138 e. The number of anilines is 1. The van der Waals surface area contributed by atoms with Gasteiger partial charge in [-0.3, -0.25) is 0 Å². The summed E-state index contributed by atoms with van der Waals surface area (Å²) >= 11 is 0. The van der Waals surface area contributed by atoms with Gasteiger partial charge in [0.2, 0.25) is 0 Å². The molecule has 0 fully saturated rings. The van der Waals surface area contributed by atoms with E-state index in [-0.39, 0.29) is 0 Å². The molecule has 2 heteroatoms. The largest absolute Gasteiger partial charge is 0.456 e. The van der Waals surface area contributed by atoms with Crippen LogP contribution in [0.15, 0.2) is 18.2 Å². The Labute approximate surface area is 155 Å². The van der Waals surface area contributed by atoms with Crippen LogP contribution in [0.3, 0.4) is 0 Å². The highest BCUT2D eigenvalue weighted by Gasteiger charge is 2.24. The van der Waals surface area contributed by atoms with Crippen molar-refractivity contribution in [2.45, 2.75) is 52.9 Å². The maximum Gasteiger partial charge on any atom is 0.138 e. The molecule has 0 bridgehead atoms. The third kappa shape index (κ3) is 2.17. The van der Waals surface area contributed by atoms with Crippen molar-refractivity contribution in [1.29, 1.82) is 0 Å². The number of hydrogen-bond donors (Lipinski definition) is 0. The fraction of sp³-hybridized carbons (Fsp3) is 0.417. The van der Waals surface area contributed by atoms with Crippen LogP contribution in [0.4, 0.5) is 5.69 Å². The van der Waals surface area contributed by atoms with Crippen LogP contribution in [0.5, 0.6) is 11.5 Å². The van der Waals surface area contributed by atoms with Crippen LogP contribution in [-0.4, -0.2) is 13.6 Å². The first-order valence-electron chi connectivity index (χ1n) is 9.94. The molecule has 0 saturated heterocycles. The predicted octanol–water partition coefficient (Wildman–Crippen LogP) is 4.21. The summed E-state index contributed by atoms with van der Waals surface area (Å²) in [5.41, 5.74) is 9.80. The van der Waals surface area contributed by atoms with Gasteiger partial charge < -0.3 is 9.64 Å². The van der Waals surface area contributed by atoms with Crippen LogP contribution < -0.4 is 20.1 Å². The number of hydrogen-bond acceptors (Lipinski definition) is 2. The van der Waals surface area contributed by atoms with Gasteiger partial charge in [0.05, 0.1) is 0 Å². The molecule has 134 valence electrons. The molecule has 0 spiro atoms. The Morgan fingerprint density at radius 2 is 1.73 bits per heavy atom. The van der Waals surface area contributed by atoms with Crippen LogP contribution in [-0.2, 0) is 12.8 Å².